The van der Waals surface area contributed by atoms with Crippen LogP contribution in [0, 0.1) is 0 Å². The van der Waals surface area contributed by atoms with E-state index in [0.29, 0.717) is 0 Å². The molecule has 0 radical (unpaired) electrons. The monoisotopic (exact) mass is 802 g/mol. The van der Waals surface area contributed by atoms with Gasteiger partial charge in [-0.3, -0.25) is 0 Å². The van der Waals surface area contributed by atoms with Crippen LogP contribution in [0.25, 0.3) is 104 Å². The highest BCUT2D eigenvalue weighted by Crippen LogP contribution is 2.48. The molecule has 0 unspecified atom stereocenters. The summed E-state index contributed by atoms with van der Waals surface area (Å²) in [5.41, 5.74) is 13.1. The molecule has 0 fully saturated rings. The van der Waals surface area contributed by atoms with Crippen LogP contribution in [0.4, 0.5) is 17.1 Å². The molecular formula is C60H38N2O. The van der Waals surface area contributed by atoms with Crippen LogP contribution in [0.5, 0.6) is 0 Å². The van der Waals surface area contributed by atoms with Gasteiger partial charge in [0.25, 0.3) is 0 Å². The molecule has 13 rings (SSSR count). The van der Waals surface area contributed by atoms with E-state index in [9.17, 15) is 0 Å². The molecule has 13 aromatic rings. The molecular weight excluding hydrogens is 765 g/mol. The lowest BCUT2D eigenvalue weighted by atomic mass is 9.92. The Morgan fingerprint density at radius 2 is 0.968 bits per heavy atom. The van der Waals surface area contributed by atoms with Gasteiger partial charge in [0, 0.05) is 38.5 Å². The number of nitrogens with zero attached hydrogens (tertiary/aromatic N) is 2. The maximum atomic E-state index is 6.79. The second-order valence-corrected chi connectivity index (χ2v) is 16.4. The first-order valence-electron chi connectivity index (χ1n) is 21.6. The van der Waals surface area contributed by atoms with Gasteiger partial charge in [-0.25, -0.2) is 0 Å². The van der Waals surface area contributed by atoms with Crippen molar-refractivity contribution in [2.45, 2.75) is 0 Å². The Bertz CT molecular complexity index is 3870. The molecule has 3 heteroatoms. The Hall–Kier alpha value is -8.40. The van der Waals surface area contributed by atoms with Gasteiger partial charge < -0.3 is 13.9 Å². The molecule has 0 bridgehead atoms. The first kappa shape index (κ1) is 35.4. The van der Waals surface area contributed by atoms with E-state index in [-0.39, 0.29) is 0 Å². The molecule has 3 nitrogen and oxygen atoms in total. The number of para-hydroxylation sites is 3. The fraction of sp³-hybridized carbons (Fsp3) is 0. The second kappa shape index (κ2) is 14.1. The van der Waals surface area contributed by atoms with Crippen molar-refractivity contribution < 1.29 is 4.42 Å². The van der Waals surface area contributed by atoms with Crippen molar-refractivity contribution in [1.29, 1.82) is 0 Å². The molecule has 0 saturated heterocycles. The van der Waals surface area contributed by atoms with Gasteiger partial charge >= 0.3 is 0 Å². The van der Waals surface area contributed by atoms with Gasteiger partial charge in [-0.05, 0) is 110 Å². The van der Waals surface area contributed by atoms with Gasteiger partial charge in [0.2, 0.25) is 0 Å². The van der Waals surface area contributed by atoms with Gasteiger partial charge in [-0.2, -0.15) is 0 Å². The third-order valence-corrected chi connectivity index (χ3v) is 13.0. The van der Waals surface area contributed by atoms with Crippen molar-refractivity contribution in [2.24, 2.45) is 0 Å². The lowest BCUT2D eigenvalue weighted by molar-refractivity contribution is 0.672. The highest BCUT2D eigenvalue weighted by atomic mass is 16.3. The summed E-state index contributed by atoms with van der Waals surface area (Å²) in [7, 11) is 0. The lowest BCUT2D eigenvalue weighted by Gasteiger charge is -2.29. The predicted octanol–water partition coefficient (Wildman–Crippen LogP) is 16.9. The van der Waals surface area contributed by atoms with Crippen LogP contribution in [0.1, 0.15) is 0 Å². The number of benzene rings is 11. The number of anilines is 3. The first-order valence-corrected chi connectivity index (χ1v) is 21.6. The SMILES string of the molecule is c1cc(-c2ccc(N(c3ccccc3-c3cc4ccccc4c4ccccc34)c3cccc4oc5c6ccccc6ccc5c34)cc2)cc(-n2c3ccccc3c3ccccc32)c1. The highest BCUT2D eigenvalue weighted by Gasteiger charge is 2.24. The average Bonchev–Trinajstić information content (AvgIpc) is 3.91. The summed E-state index contributed by atoms with van der Waals surface area (Å²) in [4.78, 5) is 2.43. The molecule has 0 N–H and O–H groups in total. The summed E-state index contributed by atoms with van der Waals surface area (Å²) < 4.78 is 9.18. The van der Waals surface area contributed by atoms with Crippen LogP contribution in [-0.4, -0.2) is 4.57 Å². The average molecular weight is 803 g/mol. The summed E-state index contributed by atoms with van der Waals surface area (Å²) in [5.74, 6) is 0. The predicted molar refractivity (Wildman–Crippen MR) is 266 cm³/mol. The Labute approximate surface area is 363 Å². The number of furan rings is 1. The molecule has 11 aromatic carbocycles. The van der Waals surface area contributed by atoms with Crippen molar-refractivity contribution in [2.75, 3.05) is 4.90 Å². The van der Waals surface area contributed by atoms with Gasteiger partial charge in [0.05, 0.1) is 27.8 Å². The topological polar surface area (TPSA) is 21.3 Å². The van der Waals surface area contributed by atoms with Crippen LogP contribution in [-0.2, 0) is 0 Å². The molecule has 0 aliphatic heterocycles. The summed E-state index contributed by atoms with van der Waals surface area (Å²) in [6.07, 6.45) is 0. The Balaban J connectivity index is 1.02. The third kappa shape index (κ3) is 5.53. The number of rotatable bonds is 6. The normalized spacial score (nSPS) is 11.8. The molecule has 2 heterocycles. The number of aromatic nitrogens is 1. The molecule has 294 valence electrons. The molecule has 0 saturated carbocycles. The van der Waals surface area contributed by atoms with Gasteiger partial charge in [-0.1, -0.05) is 164 Å². The number of hydrogen-bond donors (Lipinski definition) is 0. The maximum Gasteiger partial charge on any atom is 0.143 e. The van der Waals surface area contributed by atoms with E-state index in [1.54, 1.807) is 0 Å². The Morgan fingerprint density at radius 1 is 0.349 bits per heavy atom. The Morgan fingerprint density at radius 3 is 1.76 bits per heavy atom. The smallest absolute Gasteiger partial charge is 0.143 e. The fourth-order valence-corrected chi connectivity index (χ4v) is 10.1. The molecule has 0 aliphatic carbocycles. The van der Waals surface area contributed by atoms with E-state index in [0.717, 1.165) is 72.2 Å². The molecule has 2 aromatic heterocycles. The van der Waals surface area contributed by atoms with Crippen LogP contribution < -0.4 is 4.90 Å². The minimum atomic E-state index is 0.857. The molecule has 0 spiro atoms. The highest BCUT2D eigenvalue weighted by molar-refractivity contribution is 6.21. The first-order chi connectivity index (χ1) is 31.3. The van der Waals surface area contributed by atoms with E-state index < -0.39 is 0 Å². The zero-order chi connectivity index (χ0) is 41.4. The molecule has 0 aliphatic rings. The largest absolute Gasteiger partial charge is 0.455 e. The molecule has 63 heavy (non-hydrogen) atoms. The van der Waals surface area contributed by atoms with Crippen molar-refractivity contribution in [3.8, 4) is 27.9 Å². The maximum absolute atomic E-state index is 6.79. The summed E-state index contributed by atoms with van der Waals surface area (Å²) in [6.45, 7) is 0. The van der Waals surface area contributed by atoms with Crippen molar-refractivity contribution in [3.05, 3.63) is 231 Å². The molecule has 0 amide bonds. The third-order valence-electron chi connectivity index (χ3n) is 13.0. The standard InChI is InChI=1S/C60H38N2O/c1-4-20-46-40(15-1)33-36-52-59-57(29-14-30-58(59)63-60(46)52)61(56-28-12-9-25-51(56)53-38-42-16-2-3-19-45(42)47-21-5-6-22-48(47)53)43-34-31-39(32-35-43)41-17-13-18-44(37-41)62-54-26-10-7-23-49(54)50-24-8-11-27-55(50)62/h1-38H. The van der Waals surface area contributed by atoms with E-state index in [1.165, 1.54) is 48.9 Å². The summed E-state index contributed by atoms with van der Waals surface area (Å²) in [6, 6.07) is 83.5. The van der Waals surface area contributed by atoms with Crippen LogP contribution in [0.15, 0.2) is 235 Å². The van der Waals surface area contributed by atoms with E-state index in [1.807, 2.05) is 0 Å². The molecule has 0 atom stereocenters. The Kier molecular flexibility index (Phi) is 7.91. The minimum absolute atomic E-state index is 0.857. The van der Waals surface area contributed by atoms with Gasteiger partial charge in [0.1, 0.15) is 11.2 Å². The second-order valence-electron chi connectivity index (χ2n) is 16.4. The van der Waals surface area contributed by atoms with E-state index in [2.05, 4.69) is 240 Å². The summed E-state index contributed by atoms with van der Waals surface area (Å²) >= 11 is 0. The number of fused-ring (bicyclic) bond motifs is 11. The number of hydrogen-bond acceptors (Lipinski definition) is 2. The fourth-order valence-electron chi connectivity index (χ4n) is 10.1. The van der Waals surface area contributed by atoms with Crippen molar-refractivity contribution >= 4 is 93.1 Å². The van der Waals surface area contributed by atoms with Crippen LogP contribution >= 0.6 is 0 Å². The van der Waals surface area contributed by atoms with Gasteiger partial charge in [-0.15, -0.1) is 0 Å². The summed E-state index contributed by atoms with van der Waals surface area (Å²) in [5, 5.41) is 11.9. The van der Waals surface area contributed by atoms with E-state index in [4.69, 9.17) is 4.42 Å². The zero-order valence-corrected chi connectivity index (χ0v) is 34.2. The van der Waals surface area contributed by atoms with Crippen molar-refractivity contribution in [3.63, 3.8) is 0 Å². The zero-order valence-electron chi connectivity index (χ0n) is 34.2. The quantitative estimate of drug-likeness (QED) is 0.156. The minimum Gasteiger partial charge on any atom is -0.455 e. The van der Waals surface area contributed by atoms with Gasteiger partial charge in [0.15, 0.2) is 0 Å². The lowest BCUT2D eigenvalue weighted by Crippen LogP contribution is -2.11. The van der Waals surface area contributed by atoms with Crippen LogP contribution in [0.2, 0.25) is 0 Å². The van der Waals surface area contributed by atoms with Crippen LogP contribution in [0.3, 0.4) is 0 Å². The van der Waals surface area contributed by atoms with Crippen molar-refractivity contribution in [1.82, 2.24) is 4.57 Å². The van der Waals surface area contributed by atoms with E-state index >= 15 is 0 Å².